The average molecular weight is 377 g/mol. The molecule has 1 amide bonds. The lowest BCUT2D eigenvalue weighted by Crippen LogP contribution is -2.29. The Morgan fingerprint density at radius 3 is 2.50 bits per heavy atom. The highest BCUT2D eigenvalue weighted by molar-refractivity contribution is 5.94. The zero-order valence-corrected chi connectivity index (χ0v) is 16.0. The summed E-state index contributed by atoms with van der Waals surface area (Å²) in [4.78, 5) is 23.8. The van der Waals surface area contributed by atoms with Gasteiger partial charge in [0.25, 0.3) is 0 Å². The molecule has 5 nitrogen and oxygen atoms in total. The average Bonchev–Trinajstić information content (AvgIpc) is 2.71. The van der Waals surface area contributed by atoms with Gasteiger partial charge >= 0.3 is 0 Å². The highest BCUT2D eigenvalue weighted by atomic mass is 16.5. The van der Waals surface area contributed by atoms with Crippen molar-refractivity contribution in [2.24, 2.45) is 0 Å². The molecule has 0 radical (unpaired) electrons. The molecule has 0 fully saturated rings. The maximum Gasteiger partial charge on any atom is 0.224 e. The second-order valence-electron chi connectivity index (χ2n) is 6.47. The smallest absolute Gasteiger partial charge is 0.224 e. The number of carbonyl (C=O) groups excluding carboxylic acids is 2. The summed E-state index contributed by atoms with van der Waals surface area (Å²) in [6.07, 6.45) is 0.139. The van der Waals surface area contributed by atoms with Gasteiger partial charge in [-0.15, -0.1) is 0 Å². The van der Waals surface area contributed by atoms with Crippen molar-refractivity contribution in [1.82, 2.24) is 5.32 Å². The molecule has 5 heteroatoms. The molecular formula is C23H23NO4. The van der Waals surface area contributed by atoms with Crippen molar-refractivity contribution in [3.05, 3.63) is 71.8 Å². The van der Waals surface area contributed by atoms with Crippen LogP contribution < -0.4 is 14.8 Å². The van der Waals surface area contributed by atoms with Crippen LogP contribution in [0.2, 0.25) is 0 Å². The molecule has 0 saturated carbocycles. The first-order valence-electron chi connectivity index (χ1n) is 9.13. The second kappa shape index (κ2) is 9.04. The molecule has 0 saturated heterocycles. The van der Waals surface area contributed by atoms with Crippen LogP contribution in [0.1, 0.15) is 22.8 Å². The Bertz CT molecular complexity index is 997. The number of nitrogens with one attached hydrogen (secondary N) is 1. The molecule has 0 aromatic heterocycles. The fourth-order valence-corrected chi connectivity index (χ4v) is 2.99. The van der Waals surface area contributed by atoms with Gasteiger partial charge in [-0.05, 0) is 48.0 Å². The topological polar surface area (TPSA) is 64.6 Å². The number of Topliss-reactive ketones (excluding diaryl/α,β-unsaturated/α-hetero) is 1. The Labute approximate surface area is 164 Å². The molecule has 1 N–H and O–H groups in total. The maximum absolute atomic E-state index is 12.2. The minimum absolute atomic E-state index is 0.0481. The van der Waals surface area contributed by atoms with E-state index in [9.17, 15) is 9.59 Å². The molecule has 0 aliphatic heterocycles. The third-order valence-electron chi connectivity index (χ3n) is 4.45. The van der Waals surface area contributed by atoms with E-state index in [-0.39, 0.29) is 18.1 Å². The molecule has 28 heavy (non-hydrogen) atoms. The van der Waals surface area contributed by atoms with E-state index in [1.54, 1.807) is 25.3 Å². The first-order chi connectivity index (χ1) is 13.6. The Hall–Kier alpha value is -3.34. The Kier molecular flexibility index (Phi) is 6.27. The van der Waals surface area contributed by atoms with Crippen LogP contribution >= 0.6 is 0 Å². The number of rotatable bonds is 8. The van der Waals surface area contributed by atoms with Crippen LogP contribution in [-0.4, -0.2) is 32.0 Å². The first-order valence-corrected chi connectivity index (χ1v) is 9.13. The molecule has 144 valence electrons. The van der Waals surface area contributed by atoms with E-state index in [4.69, 9.17) is 9.47 Å². The van der Waals surface area contributed by atoms with Crippen molar-refractivity contribution in [3.8, 4) is 11.5 Å². The number of methoxy groups -OCH3 is 1. The monoisotopic (exact) mass is 377 g/mol. The fraction of sp³-hybridized carbons (Fsp3) is 0.217. The van der Waals surface area contributed by atoms with Gasteiger partial charge in [0.15, 0.2) is 5.78 Å². The van der Waals surface area contributed by atoms with Crippen LogP contribution in [0.4, 0.5) is 0 Å². The largest absolute Gasteiger partial charge is 0.496 e. The SMILES string of the molecule is COc1ccc(C(C)=O)cc1CC(=O)NCCOc1ccc2ccccc2c1. The number of amides is 1. The Balaban J connectivity index is 1.51. The van der Waals surface area contributed by atoms with Crippen LogP contribution in [-0.2, 0) is 11.2 Å². The number of fused-ring (bicyclic) bond motifs is 1. The van der Waals surface area contributed by atoms with Crippen molar-refractivity contribution < 1.29 is 19.1 Å². The summed E-state index contributed by atoms with van der Waals surface area (Å²) >= 11 is 0. The minimum atomic E-state index is -0.152. The van der Waals surface area contributed by atoms with E-state index in [0.29, 0.717) is 30.0 Å². The van der Waals surface area contributed by atoms with Gasteiger partial charge < -0.3 is 14.8 Å². The van der Waals surface area contributed by atoms with Gasteiger partial charge in [-0.2, -0.15) is 0 Å². The number of hydrogen-bond acceptors (Lipinski definition) is 4. The van der Waals surface area contributed by atoms with Crippen LogP contribution in [0.5, 0.6) is 11.5 Å². The summed E-state index contributed by atoms with van der Waals surface area (Å²) in [5.41, 5.74) is 1.24. The predicted octanol–water partition coefficient (Wildman–Crippen LogP) is 3.79. The van der Waals surface area contributed by atoms with Crippen molar-refractivity contribution in [2.75, 3.05) is 20.3 Å². The fourth-order valence-electron chi connectivity index (χ4n) is 2.99. The number of hydrogen-bond donors (Lipinski definition) is 1. The van der Waals surface area contributed by atoms with Gasteiger partial charge in [0.2, 0.25) is 5.91 Å². The van der Waals surface area contributed by atoms with Crippen LogP contribution in [0.3, 0.4) is 0 Å². The van der Waals surface area contributed by atoms with Crippen molar-refractivity contribution in [3.63, 3.8) is 0 Å². The van der Waals surface area contributed by atoms with Gasteiger partial charge in [0, 0.05) is 11.1 Å². The number of ketones is 1. The van der Waals surface area contributed by atoms with Crippen LogP contribution in [0.25, 0.3) is 10.8 Å². The molecule has 0 bridgehead atoms. The summed E-state index contributed by atoms with van der Waals surface area (Å²) in [6.45, 7) is 2.25. The third kappa shape index (κ3) is 4.88. The number of carbonyl (C=O) groups is 2. The quantitative estimate of drug-likeness (QED) is 0.479. The molecule has 0 heterocycles. The Morgan fingerprint density at radius 2 is 1.75 bits per heavy atom. The second-order valence-corrected chi connectivity index (χ2v) is 6.47. The summed E-state index contributed by atoms with van der Waals surface area (Å²) in [5.74, 6) is 1.16. The zero-order chi connectivity index (χ0) is 19.9. The van der Waals surface area contributed by atoms with Gasteiger partial charge in [-0.3, -0.25) is 9.59 Å². The maximum atomic E-state index is 12.2. The first kappa shape index (κ1) is 19.4. The van der Waals surface area contributed by atoms with Gasteiger partial charge in [0.1, 0.15) is 18.1 Å². The molecule has 0 aliphatic carbocycles. The molecule has 3 rings (SSSR count). The number of benzene rings is 3. The predicted molar refractivity (Wildman–Crippen MR) is 109 cm³/mol. The lowest BCUT2D eigenvalue weighted by Gasteiger charge is -2.11. The number of ether oxygens (including phenoxy) is 2. The van der Waals surface area contributed by atoms with Crippen molar-refractivity contribution in [2.45, 2.75) is 13.3 Å². The van der Waals surface area contributed by atoms with E-state index >= 15 is 0 Å². The Morgan fingerprint density at radius 1 is 0.964 bits per heavy atom. The molecular weight excluding hydrogens is 354 g/mol. The lowest BCUT2D eigenvalue weighted by atomic mass is 10.0. The van der Waals surface area contributed by atoms with Crippen LogP contribution in [0, 0.1) is 0 Å². The summed E-state index contributed by atoms with van der Waals surface area (Å²) in [7, 11) is 1.54. The lowest BCUT2D eigenvalue weighted by molar-refractivity contribution is -0.120. The summed E-state index contributed by atoms with van der Waals surface area (Å²) < 4.78 is 11.0. The van der Waals surface area contributed by atoms with Crippen molar-refractivity contribution >= 4 is 22.5 Å². The van der Waals surface area contributed by atoms with Crippen LogP contribution in [0.15, 0.2) is 60.7 Å². The van der Waals surface area contributed by atoms with Gasteiger partial charge in [-0.1, -0.05) is 30.3 Å². The van der Waals surface area contributed by atoms with E-state index in [0.717, 1.165) is 16.5 Å². The van der Waals surface area contributed by atoms with E-state index < -0.39 is 0 Å². The summed E-state index contributed by atoms with van der Waals surface area (Å²) in [5, 5.41) is 5.10. The van der Waals surface area contributed by atoms with Gasteiger partial charge in [0.05, 0.1) is 20.1 Å². The molecule has 0 atom stereocenters. The standard InChI is InChI=1S/C23H23NO4/c1-16(25)18-8-10-22(27-2)20(13-18)15-23(26)24-11-12-28-21-9-7-17-5-3-4-6-19(17)14-21/h3-10,13-14H,11-12,15H2,1-2H3,(H,24,26). The highest BCUT2D eigenvalue weighted by Crippen LogP contribution is 2.21. The minimum Gasteiger partial charge on any atom is -0.496 e. The zero-order valence-electron chi connectivity index (χ0n) is 16.0. The third-order valence-corrected chi connectivity index (χ3v) is 4.45. The normalized spacial score (nSPS) is 10.5. The van der Waals surface area contributed by atoms with E-state index in [1.165, 1.54) is 6.92 Å². The van der Waals surface area contributed by atoms with Crippen molar-refractivity contribution in [1.29, 1.82) is 0 Å². The molecule has 0 aliphatic rings. The molecule has 0 spiro atoms. The highest BCUT2D eigenvalue weighted by Gasteiger charge is 2.11. The summed E-state index contributed by atoms with van der Waals surface area (Å²) in [6, 6.07) is 19.1. The van der Waals surface area contributed by atoms with E-state index in [1.807, 2.05) is 36.4 Å². The molecule has 0 unspecified atom stereocenters. The van der Waals surface area contributed by atoms with Gasteiger partial charge in [-0.25, -0.2) is 0 Å². The molecule has 3 aromatic carbocycles. The van der Waals surface area contributed by atoms with E-state index in [2.05, 4.69) is 11.4 Å². The molecule has 3 aromatic rings.